The van der Waals surface area contributed by atoms with Crippen molar-refractivity contribution in [2.24, 2.45) is 0 Å². The van der Waals surface area contributed by atoms with E-state index in [1.54, 1.807) is 24.3 Å². The lowest BCUT2D eigenvalue weighted by atomic mass is 10.0. The number of nitrogens with zero attached hydrogens (tertiary/aromatic N) is 2. The topological polar surface area (TPSA) is 96.0 Å². The van der Waals surface area contributed by atoms with Crippen LogP contribution < -0.4 is 14.4 Å². The van der Waals surface area contributed by atoms with E-state index in [1.807, 2.05) is 68.4 Å². The summed E-state index contributed by atoms with van der Waals surface area (Å²) in [5.41, 5.74) is 3.07. The van der Waals surface area contributed by atoms with Crippen LogP contribution in [-0.4, -0.2) is 56.6 Å². The molecule has 1 fully saturated rings. The van der Waals surface area contributed by atoms with Gasteiger partial charge < -0.3 is 15.0 Å². The first kappa shape index (κ1) is 31.1. The van der Waals surface area contributed by atoms with E-state index in [1.165, 1.54) is 4.90 Å². The molecule has 1 saturated carbocycles. The molecule has 0 unspecified atom stereocenters. The lowest BCUT2D eigenvalue weighted by Crippen LogP contribution is -2.54. The zero-order valence-electron chi connectivity index (χ0n) is 24.7. The Kier molecular flexibility index (Phi) is 10.6. The van der Waals surface area contributed by atoms with Crippen LogP contribution in [0, 0.1) is 6.92 Å². The van der Waals surface area contributed by atoms with E-state index in [0.717, 1.165) is 52.9 Å². The Hall–Kier alpha value is -3.85. The Labute approximate surface area is 249 Å². The van der Waals surface area contributed by atoms with Crippen LogP contribution in [0.25, 0.3) is 0 Å². The molecule has 0 aliphatic heterocycles. The maximum Gasteiger partial charge on any atom is 0.244 e. The second-order valence-corrected chi connectivity index (χ2v) is 12.8. The minimum atomic E-state index is -3.89. The molecule has 0 bridgehead atoms. The molecule has 8 nitrogen and oxygen atoms in total. The Morgan fingerprint density at radius 3 is 2.29 bits per heavy atom. The molecular formula is C33H41N3O5S. The Morgan fingerprint density at radius 2 is 1.62 bits per heavy atom. The highest BCUT2D eigenvalue weighted by Crippen LogP contribution is 2.30. The summed E-state index contributed by atoms with van der Waals surface area (Å²) in [6.07, 6.45) is 5.30. The fourth-order valence-corrected chi connectivity index (χ4v) is 6.32. The van der Waals surface area contributed by atoms with Crippen LogP contribution in [0.1, 0.15) is 49.3 Å². The molecule has 1 aliphatic carbocycles. The highest BCUT2D eigenvalue weighted by molar-refractivity contribution is 7.92. The number of rotatable bonds is 13. The molecule has 0 aromatic heterocycles. The summed E-state index contributed by atoms with van der Waals surface area (Å²) in [5, 5.41) is 3.19. The van der Waals surface area contributed by atoms with Crippen molar-refractivity contribution in [1.82, 2.24) is 10.2 Å². The zero-order valence-corrected chi connectivity index (χ0v) is 25.5. The molecule has 42 heavy (non-hydrogen) atoms. The van der Waals surface area contributed by atoms with Crippen LogP contribution in [0.15, 0.2) is 78.9 Å². The molecule has 0 heterocycles. The van der Waals surface area contributed by atoms with Gasteiger partial charge in [-0.25, -0.2) is 8.42 Å². The Morgan fingerprint density at radius 1 is 0.952 bits per heavy atom. The number of ether oxygens (including phenoxy) is 1. The highest BCUT2D eigenvalue weighted by Gasteiger charge is 2.34. The van der Waals surface area contributed by atoms with E-state index in [9.17, 15) is 18.0 Å². The molecule has 3 aromatic carbocycles. The number of carbonyl (C=O) groups is 2. The lowest BCUT2D eigenvalue weighted by molar-refractivity contribution is -0.140. The van der Waals surface area contributed by atoms with Crippen molar-refractivity contribution in [3.8, 4) is 5.75 Å². The number of para-hydroxylation sites is 2. The molecular weight excluding hydrogens is 550 g/mol. The van der Waals surface area contributed by atoms with Crippen LogP contribution in [0.2, 0.25) is 0 Å². The first-order valence-electron chi connectivity index (χ1n) is 14.5. The molecule has 3 aromatic rings. The van der Waals surface area contributed by atoms with Gasteiger partial charge in [0.05, 0.1) is 18.6 Å². The number of anilines is 1. The van der Waals surface area contributed by atoms with Crippen molar-refractivity contribution in [3.63, 3.8) is 0 Å². The summed E-state index contributed by atoms with van der Waals surface area (Å²) in [4.78, 5) is 29.8. The standard InChI is InChI=1S/C33H41N3O5S/c1-4-41-31-20-11-10-19-29(31)36(42(3,39)40)24-32(37)35(23-27-16-12-13-25(2)21-27)30(22-26-14-6-5-7-15-26)33(38)34-28-17-8-9-18-28/h5-7,10-16,19-21,28,30H,4,8-9,17-18,22-24H2,1-3H3,(H,34,38)/t30-/m0/s1. The average molecular weight is 592 g/mol. The van der Waals surface area contributed by atoms with E-state index in [4.69, 9.17) is 4.74 Å². The Bertz CT molecular complexity index is 1460. The highest BCUT2D eigenvalue weighted by atomic mass is 32.2. The van der Waals surface area contributed by atoms with Gasteiger partial charge >= 0.3 is 0 Å². The van der Waals surface area contributed by atoms with Gasteiger partial charge in [0.25, 0.3) is 0 Å². The minimum Gasteiger partial charge on any atom is -0.492 e. The number of benzene rings is 3. The second-order valence-electron chi connectivity index (χ2n) is 10.9. The third kappa shape index (κ3) is 8.35. The Balaban J connectivity index is 1.74. The number of sulfonamides is 1. The molecule has 4 rings (SSSR count). The summed E-state index contributed by atoms with van der Waals surface area (Å²) < 4.78 is 33.0. The molecule has 1 atom stereocenters. The quantitative estimate of drug-likeness (QED) is 0.306. The molecule has 0 spiro atoms. The van der Waals surface area contributed by atoms with Gasteiger partial charge in [0.1, 0.15) is 18.3 Å². The van der Waals surface area contributed by atoms with E-state index >= 15 is 0 Å². The van der Waals surface area contributed by atoms with Gasteiger partial charge in [-0.2, -0.15) is 0 Å². The zero-order chi connectivity index (χ0) is 30.1. The van der Waals surface area contributed by atoms with E-state index < -0.39 is 28.5 Å². The fraction of sp³-hybridized carbons (Fsp3) is 0.394. The van der Waals surface area contributed by atoms with Gasteiger partial charge in [-0.05, 0) is 49.9 Å². The van der Waals surface area contributed by atoms with Crippen LogP contribution in [0.4, 0.5) is 5.69 Å². The first-order valence-corrected chi connectivity index (χ1v) is 16.4. The smallest absolute Gasteiger partial charge is 0.244 e. The lowest BCUT2D eigenvalue weighted by Gasteiger charge is -2.34. The van der Waals surface area contributed by atoms with Crippen molar-refractivity contribution in [1.29, 1.82) is 0 Å². The normalized spacial score (nSPS) is 14.3. The molecule has 1 N–H and O–H groups in total. The maximum absolute atomic E-state index is 14.3. The summed E-state index contributed by atoms with van der Waals surface area (Å²) in [7, 11) is -3.89. The van der Waals surface area contributed by atoms with Crippen molar-refractivity contribution in [2.75, 3.05) is 23.7 Å². The second kappa shape index (κ2) is 14.4. The molecule has 9 heteroatoms. The van der Waals surface area contributed by atoms with Crippen LogP contribution in [-0.2, 0) is 32.6 Å². The van der Waals surface area contributed by atoms with E-state index in [-0.39, 0.29) is 24.2 Å². The van der Waals surface area contributed by atoms with E-state index in [2.05, 4.69) is 5.32 Å². The van der Waals surface area contributed by atoms with Gasteiger partial charge in [0.15, 0.2) is 0 Å². The van der Waals surface area contributed by atoms with Gasteiger partial charge in [0, 0.05) is 19.0 Å². The molecule has 0 saturated heterocycles. The number of amides is 2. The van der Waals surface area contributed by atoms with Crippen molar-refractivity contribution >= 4 is 27.5 Å². The number of aryl methyl sites for hydroxylation is 1. The molecule has 224 valence electrons. The van der Waals surface area contributed by atoms with Crippen molar-refractivity contribution in [3.05, 3.63) is 95.6 Å². The maximum atomic E-state index is 14.3. The number of nitrogens with one attached hydrogen (secondary N) is 1. The van der Waals surface area contributed by atoms with Crippen LogP contribution in [0.3, 0.4) is 0 Å². The van der Waals surface area contributed by atoms with Gasteiger partial charge in [-0.15, -0.1) is 0 Å². The van der Waals surface area contributed by atoms with Crippen LogP contribution >= 0.6 is 0 Å². The minimum absolute atomic E-state index is 0.0669. The number of hydrogen-bond donors (Lipinski definition) is 1. The predicted octanol–water partition coefficient (Wildman–Crippen LogP) is 4.86. The third-order valence-corrected chi connectivity index (χ3v) is 8.65. The monoisotopic (exact) mass is 591 g/mol. The third-order valence-electron chi connectivity index (χ3n) is 7.52. The van der Waals surface area contributed by atoms with Crippen molar-refractivity contribution < 1.29 is 22.7 Å². The fourth-order valence-electron chi connectivity index (χ4n) is 5.46. The average Bonchev–Trinajstić information content (AvgIpc) is 3.47. The van der Waals surface area contributed by atoms with Gasteiger partial charge in [0.2, 0.25) is 21.8 Å². The van der Waals surface area contributed by atoms with Gasteiger partial charge in [-0.1, -0.05) is 85.1 Å². The molecule has 2 amide bonds. The largest absolute Gasteiger partial charge is 0.492 e. The molecule has 0 radical (unpaired) electrons. The summed E-state index contributed by atoms with van der Waals surface area (Å²) >= 11 is 0. The summed E-state index contributed by atoms with van der Waals surface area (Å²) in [6.45, 7) is 3.80. The predicted molar refractivity (Wildman–Crippen MR) is 166 cm³/mol. The van der Waals surface area contributed by atoms with Gasteiger partial charge in [-0.3, -0.25) is 13.9 Å². The van der Waals surface area contributed by atoms with Crippen molar-refractivity contribution in [2.45, 2.75) is 64.6 Å². The van der Waals surface area contributed by atoms with Crippen LogP contribution in [0.5, 0.6) is 5.75 Å². The SMILES string of the molecule is CCOc1ccccc1N(CC(=O)N(Cc1cccc(C)c1)[C@@H](Cc1ccccc1)C(=O)NC1CCCC1)S(C)(=O)=O. The summed E-state index contributed by atoms with van der Waals surface area (Å²) in [5.74, 6) is -0.341. The molecule has 1 aliphatic rings. The number of carbonyl (C=O) groups excluding carboxylic acids is 2. The summed E-state index contributed by atoms with van der Waals surface area (Å²) in [6, 6.07) is 23.4. The van der Waals surface area contributed by atoms with E-state index in [0.29, 0.717) is 18.8 Å². The number of hydrogen-bond acceptors (Lipinski definition) is 5. The first-order chi connectivity index (χ1) is 20.2.